The molecule has 0 aromatic carbocycles. The summed E-state index contributed by atoms with van der Waals surface area (Å²) in [6.45, 7) is 5.22. The van der Waals surface area contributed by atoms with E-state index in [-0.39, 0.29) is 11.9 Å². The van der Waals surface area contributed by atoms with Gasteiger partial charge in [0.25, 0.3) is 0 Å². The maximum absolute atomic E-state index is 12.9. The number of carbonyl (C=O) groups excluding carboxylic acids is 1. The van der Waals surface area contributed by atoms with Crippen molar-refractivity contribution in [1.82, 2.24) is 24.1 Å². The summed E-state index contributed by atoms with van der Waals surface area (Å²) in [5.74, 6) is -0.415. The Morgan fingerprint density at radius 2 is 1.70 bits per heavy atom. The highest BCUT2D eigenvalue weighted by Crippen LogP contribution is 2.28. The van der Waals surface area contributed by atoms with Crippen molar-refractivity contribution in [2.45, 2.75) is 44.8 Å². The van der Waals surface area contributed by atoms with Crippen LogP contribution in [-0.2, 0) is 18.0 Å². The van der Waals surface area contributed by atoms with E-state index in [1.807, 2.05) is 9.80 Å². The quantitative estimate of drug-likeness (QED) is 0.786. The van der Waals surface area contributed by atoms with Gasteiger partial charge in [-0.3, -0.25) is 14.3 Å². The van der Waals surface area contributed by atoms with Gasteiger partial charge in [0, 0.05) is 33.2 Å². The first kappa shape index (κ1) is 19.9. The molecule has 1 aromatic heterocycles. The van der Waals surface area contributed by atoms with E-state index in [1.165, 1.54) is 0 Å². The summed E-state index contributed by atoms with van der Waals surface area (Å²) in [6, 6.07) is -0.373. The minimum atomic E-state index is -4.65. The molecule has 3 rings (SSSR count). The molecule has 2 aliphatic heterocycles. The van der Waals surface area contributed by atoms with Crippen LogP contribution < -0.4 is 5.69 Å². The zero-order valence-electron chi connectivity index (χ0n) is 15.7. The first-order valence-electron chi connectivity index (χ1n) is 9.39. The predicted molar refractivity (Wildman–Crippen MR) is 92.2 cm³/mol. The van der Waals surface area contributed by atoms with Crippen LogP contribution in [0.2, 0.25) is 0 Å². The Bertz CT molecular complexity index is 726. The molecule has 1 aromatic rings. The number of amides is 1. The van der Waals surface area contributed by atoms with Crippen LogP contribution in [0.4, 0.5) is 13.2 Å². The first-order valence-corrected chi connectivity index (χ1v) is 9.39. The van der Waals surface area contributed by atoms with E-state index in [0.717, 1.165) is 37.7 Å². The van der Waals surface area contributed by atoms with E-state index in [2.05, 4.69) is 12.0 Å². The second-order valence-electron chi connectivity index (χ2n) is 7.68. The number of hydrogen-bond acceptors (Lipinski definition) is 4. The number of likely N-dealkylation sites (tertiary alicyclic amines) is 2. The monoisotopic (exact) mass is 389 g/mol. The van der Waals surface area contributed by atoms with Crippen LogP contribution in [0.5, 0.6) is 0 Å². The Balaban J connectivity index is 1.56. The van der Waals surface area contributed by atoms with Crippen molar-refractivity contribution in [3.63, 3.8) is 0 Å². The highest BCUT2D eigenvalue weighted by Gasteiger charge is 2.39. The Labute approximate surface area is 155 Å². The second-order valence-corrected chi connectivity index (χ2v) is 7.68. The van der Waals surface area contributed by atoms with Crippen molar-refractivity contribution in [3.8, 4) is 0 Å². The Kier molecular flexibility index (Phi) is 5.64. The number of alkyl halides is 3. The van der Waals surface area contributed by atoms with Crippen molar-refractivity contribution in [2.24, 2.45) is 13.0 Å². The van der Waals surface area contributed by atoms with Gasteiger partial charge in [-0.05, 0) is 31.6 Å². The maximum atomic E-state index is 12.9. The average molecular weight is 389 g/mol. The summed E-state index contributed by atoms with van der Waals surface area (Å²) in [4.78, 5) is 28.4. The lowest BCUT2D eigenvalue weighted by molar-refractivity contribution is -0.147. The molecule has 0 saturated carbocycles. The van der Waals surface area contributed by atoms with Crippen LogP contribution >= 0.6 is 0 Å². The Morgan fingerprint density at radius 1 is 1.11 bits per heavy atom. The van der Waals surface area contributed by atoms with Crippen LogP contribution in [0.3, 0.4) is 0 Å². The number of hydrogen-bond donors (Lipinski definition) is 0. The minimum Gasteiger partial charge on any atom is -0.342 e. The standard InChI is InChI=1S/C17H26F3N5O2/c1-12-3-9-24(10-4-12)14(26)11-23-7-5-13(6-8-23)25-16(27)22(2)15(21-25)17(18,19)20/h12-13H,3-11H2,1-2H3. The van der Waals surface area contributed by atoms with Gasteiger partial charge in [0.1, 0.15) is 0 Å². The fourth-order valence-corrected chi connectivity index (χ4v) is 3.81. The van der Waals surface area contributed by atoms with E-state index in [9.17, 15) is 22.8 Å². The van der Waals surface area contributed by atoms with Gasteiger partial charge >= 0.3 is 11.9 Å². The molecule has 0 unspecified atom stereocenters. The summed E-state index contributed by atoms with van der Waals surface area (Å²) >= 11 is 0. The summed E-state index contributed by atoms with van der Waals surface area (Å²) < 4.78 is 40.3. The van der Waals surface area contributed by atoms with Gasteiger partial charge < -0.3 is 4.90 Å². The van der Waals surface area contributed by atoms with Gasteiger partial charge in [-0.2, -0.15) is 13.2 Å². The summed E-state index contributed by atoms with van der Waals surface area (Å²) in [5.41, 5.74) is -0.751. The SMILES string of the molecule is CC1CCN(C(=O)CN2CCC(n3nc(C(F)(F)F)n(C)c3=O)CC2)CC1. The molecule has 2 fully saturated rings. The summed E-state index contributed by atoms with van der Waals surface area (Å²) in [5, 5.41) is 3.52. The highest BCUT2D eigenvalue weighted by atomic mass is 19.4. The van der Waals surface area contributed by atoms with Gasteiger partial charge in [0.05, 0.1) is 12.6 Å². The molecule has 0 bridgehead atoms. The third kappa shape index (κ3) is 4.36. The fourth-order valence-electron chi connectivity index (χ4n) is 3.81. The van der Waals surface area contributed by atoms with E-state index in [1.54, 1.807) is 0 Å². The van der Waals surface area contributed by atoms with Crippen LogP contribution in [-0.4, -0.2) is 62.8 Å². The third-order valence-electron chi connectivity index (χ3n) is 5.65. The van der Waals surface area contributed by atoms with Gasteiger partial charge in [0.2, 0.25) is 11.7 Å². The van der Waals surface area contributed by atoms with Crippen molar-refractivity contribution in [3.05, 3.63) is 16.3 Å². The molecule has 10 heteroatoms. The molecule has 0 spiro atoms. The van der Waals surface area contributed by atoms with E-state index in [0.29, 0.717) is 43.0 Å². The fraction of sp³-hybridized carbons (Fsp3) is 0.824. The highest BCUT2D eigenvalue weighted by molar-refractivity contribution is 5.78. The molecule has 0 radical (unpaired) electrons. The van der Waals surface area contributed by atoms with Gasteiger partial charge in [-0.15, -0.1) is 5.10 Å². The Morgan fingerprint density at radius 3 is 2.22 bits per heavy atom. The molecule has 27 heavy (non-hydrogen) atoms. The number of halogens is 3. The van der Waals surface area contributed by atoms with Crippen LogP contribution in [0, 0.1) is 5.92 Å². The van der Waals surface area contributed by atoms with E-state index in [4.69, 9.17) is 0 Å². The van der Waals surface area contributed by atoms with Crippen molar-refractivity contribution in [2.75, 3.05) is 32.7 Å². The zero-order chi connectivity index (χ0) is 19.8. The molecule has 2 saturated heterocycles. The molecular weight excluding hydrogens is 363 g/mol. The number of carbonyl (C=O) groups is 1. The second kappa shape index (κ2) is 7.65. The van der Waals surface area contributed by atoms with Crippen LogP contribution in [0.25, 0.3) is 0 Å². The lowest BCUT2D eigenvalue weighted by atomic mass is 9.99. The number of rotatable bonds is 3. The molecular formula is C17H26F3N5O2. The topological polar surface area (TPSA) is 63.4 Å². The third-order valence-corrected chi connectivity index (χ3v) is 5.65. The molecule has 0 atom stereocenters. The van der Waals surface area contributed by atoms with Crippen molar-refractivity contribution in [1.29, 1.82) is 0 Å². The molecule has 3 heterocycles. The number of aromatic nitrogens is 3. The zero-order valence-corrected chi connectivity index (χ0v) is 15.7. The predicted octanol–water partition coefficient (Wildman–Crippen LogP) is 1.50. The molecule has 7 nitrogen and oxygen atoms in total. The van der Waals surface area contributed by atoms with Crippen molar-refractivity contribution < 1.29 is 18.0 Å². The van der Waals surface area contributed by atoms with Crippen LogP contribution in [0.15, 0.2) is 4.79 Å². The average Bonchev–Trinajstić information content (AvgIpc) is 2.92. The van der Waals surface area contributed by atoms with Gasteiger partial charge in [0.15, 0.2) is 0 Å². The van der Waals surface area contributed by atoms with E-state index >= 15 is 0 Å². The molecule has 2 aliphatic rings. The van der Waals surface area contributed by atoms with Crippen LogP contribution in [0.1, 0.15) is 44.5 Å². The van der Waals surface area contributed by atoms with E-state index < -0.39 is 17.7 Å². The molecule has 0 N–H and O–H groups in total. The Hall–Kier alpha value is -1.84. The normalized spacial score (nSPS) is 21.0. The first-order chi connectivity index (χ1) is 12.7. The van der Waals surface area contributed by atoms with Crippen molar-refractivity contribution >= 4 is 5.91 Å². The summed E-state index contributed by atoms with van der Waals surface area (Å²) in [7, 11) is 1.09. The number of piperidine rings is 2. The molecule has 0 aliphatic carbocycles. The van der Waals surface area contributed by atoms with Gasteiger partial charge in [-0.25, -0.2) is 9.48 Å². The molecule has 152 valence electrons. The number of nitrogens with zero attached hydrogens (tertiary/aromatic N) is 5. The summed E-state index contributed by atoms with van der Waals surface area (Å²) in [6.07, 6.45) is -1.61. The lowest BCUT2D eigenvalue weighted by Gasteiger charge is -2.35. The largest absolute Gasteiger partial charge is 0.451 e. The minimum absolute atomic E-state index is 0.106. The lowest BCUT2D eigenvalue weighted by Crippen LogP contribution is -2.46. The smallest absolute Gasteiger partial charge is 0.342 e. The van der Waals surface area contributed by atoms with Gasteiger partial charge in [-0.1, -0.05) is 6.92 Å². The maximum Gasteiger partial charge on any atom is 0.451 e. The molecule has 1 amide bonds.